The summed E-state index contributed by atoms with van der Waals surface area (Å²) in [6.45, 7) is 11.0. The molecule has 4 heteroatoms. The molecule has 2 amide bonds. The lowest BCUT2D eigenvalue weighted by Gasteiger charge is -2.58. The first-order chi connectivity index (χ1) is 12.5. The Kier molecular flexibility index (Phi) is 4.29. The molecule has 0 aromatic rings. The van der Waals surface area contributed by atoms with Crippen LogP contribution in [-0.2, 0) is 9.59 Å². The summed E-state index contributed by atoms with van der Waals surface area (Å²) in [7, 11) is 0. The molecule has 150 valence electrons. The van der Waals surface area contributed by atoms with E-state index in [1.54, 1.807) is 6.08 Å². The quantitative estimate of drug-likeness (QED) is 0.735. The minimum absolute atomic E-state index is 0.0661. The minimum Gasteiger partial charge on any atom is -0.351 e. The highest BCUT2D eigenvalue weighted by molar-refractivity contribution is 5.89. The predicted molar refractivity (Wildman–Crippen MR) is 107 cm³/mol. The molecule has 2 N–H and O–H groups in total. The Labute approximate surface area is 163 Å². The molecule has 3 saturated carbocycles. The highest BCUT2D eigenvalue weighted by Crippen LogP contribution is 2.65. The SMILES string of the molecule is CC(C)(C)NC(=O)[C@H]1CC[C@H]2[C@@H]3CC[C@H]4NC(=O)C=C[C@]4(C)C3CC[C@]12C. The average molecular weight is 373 g/mol. The van der Waals surface area contributed by atoms with E-state index in [1.807, 2.05) is 0 Å². The zero-order chi connectivity index (χ0) is 19.6. The van der Waals surface area contributed by atoms with E-state index >= 15 is 0 Å². The van der Waals surface area contributed by atoms with E-state index in [2.05, 4.69) is 51.3 Å². The van der Waals surface area contributed by atoms with Gasteiger partial charge >= 0.3 is 0 Å². The van der Waals surface area contributed by atoms with Gasteiger partial charge in [0, 0.05) is 22.9 Å². The highest BCUT2D eigenvalue weighted by Gasteiger charge is 2.60. The third kappa shape index (κ3) is 2.94. The van der Waals surface area contributed by atoms with Crippen LogP contribution in [0.25, 0.3) is 0 Å². The van der Waals surface area contributed by atoms with E-state index in [-0.39, 0.29) is 40.1 Å². The van der Waals surface area contributed by atoms with E-state index in [1.165, 1.54) is 19.3 Å². The summed E-state index contributed by atoms with van der Waals surface area (Å²) in [6, 6.07) is 0.280. The van der Waals surface area contributed by atoms with E-state index in [0.717, 1.165) is 19.3 Å². The van der Waals surface area contributed by atoms with Gasteiger partial charge in [0.05, 0.1) is 0 Å². The van der Waals surface area contributed by atoms with E-state index < -0.39 is 0 Å². The van der Waals surface area contributed by atoms with Gasteiger partial charge in [-0.25, -0.2) is 0 Å². The van der Waals surface area contributed by atoms with Crippen molar-refractivity contribution in [1.82, 2.24) is 10.6 Å². The van der Waals surface area contributed by atoms with Gasteiger partial charge in [-0.3, -0.25) is 9.59 Å². The molecule has 1 unspecified atom stereocenters. The van der Waals surface area contributed by atoms with Crippen molar-refractivity contribution in [1.29, 1.82) is 0 Å². The van der Waals surface area contributed by atoms with Crippen LogP contribution in [0.2, 0.25) is 0 Å². The molecule has 4 rings (SSSR count). The monoisotopic (exact) mass is 372 g/mol. The van der Waals surface area contributed by atoms with Gasteiger partial charge in [-0.05, 0) is 88.5 Å². The van der Waals surface area contributed by atoms with Crippen molar-refractivity contribution in [3.63, 3.8) is 0 Å². The van der Waals surface area contributed by atoms with Crippen molar-refractivity contribution in [3.05, 3.63) is 12.2 Å². The molecule has 4 nitrogen and oxygen atoms in total. The van der Waals surface area contributed by atoms with Gasteiger partial charge in [0.25, 0.3) is 0 Å². The van der Waals surface area contributed by atoms with Crippen molar-refractivity contribution in [2.75, 3.05) is 0 Å². The van der Waals surface area contributed by atoms with Crippen LogP contribution in [0.5, 0.6) is 0 Å². The molecule has 7 atom stereocenters. The fourth-order valence-corrected chi connectivity index (χ4v) is 7.22. The van der Waals surface area contributed by atoms with Crippen molar-refractivity contribution in [2.24, 2.45) is 34.5 Å². The smallest absolute Gasteiger partial charge is 0.243 e. The van der Waals surface area contributed by atoms with Crippen LogP contribution in [-0.4, -0.2) is 23.4 Å². The minimum atomic E-state index is -0.167. The van der Waals surface area contributed by atoms with Crippen LogP contribution in [0, 0.1) is 34.5 Å². The number of carbonyl (C=O) groups excluding carboxylic acids is 2. The third-order valence-corrected chi connectivity index (χ3v) is 8.50. The maximum Gasteiger partial charge on any atom is 0.243 e. The fourth-order valence-electron chi connectivity index (χ4n) is 7.22. The molecular formula is C23H36N2O2. The lowest BCUT2D eigenvalue weighted by Crippen LogP contribution is -2.59. The molecule has 3 aliphatic carbocycles. The van der Waals surface area contributed by atoms with Crippen LogP contribution in [0.1, 0.15) is 73.1 Å². The van der Waals surface area contributed by atoms with E-state index in [4.69, 9.17) is 0 Å². The highest BCUT2D eigenvalue weighted by atomic mass is 16.2. The summed E-state index contributed by atoms with van der Waals surface area (Å²) in [5.41, 5.74) is 0.0323. The first-order valence-electron chi connectivity index (χ1n) is 10.9. The largest absolute Gasteiger partial charge is 0.351 e. The summed E-state index contributed by atoms with van der Waals surface area (Å²) < 4.78 is 0. The number of rotatable bonds is 1. The lowest BCUT2D eigenvalue weighted by atomic mass is 9.48. The molecule has 1 heterocycles. The van der Waals surface area contributed by atoms with Crippen LogP contribution >= 0.6 is 0 Å². The Balaban J connectivity index is 1.58. The summed E-state index contributed by atoms with van der Waals surface area (Å²) in [5, 5.41) is 6.48. The molecule has 0 saturated heterocycles. The van der Waals surface area contributed by atoms with Gasteiger partial charge in [0.15, 0.2) is 0 Å². The zero-order valence-electron chi connectivity index (χ0n) is 17.6. The molecule has 0 spiro atoms. The molecule has 0 bridgehead atoms. The third-order valence-electron chi connectivity index (χ3n) is 8.50. The molecule has 27 heavy (non-hydrogen) atoms. The number of amides is 2. The Morgan fingerprint density at radius 3 is 2.56 bits per heavy atom. The van der Waals surface area contributed by atoms with Crippen LogP contribution in [0.3, 0.4) is 0 Å². The van der Waals surface area contributed by atoms with Crippen molar-refractivity contribution in [3.8, 4) is 0 Å². The molecule has 3 fully saturated rings. The number of nitrogens with one attached hydrogen (secondary N) is 2. The summed E-state index contributed by atoms with van der Waals surface area (Å²) in [6.07, 6.45) is 10.7. The summed E-state index contributed by atoms with van der Waals surface area (Å²) in [5.74, 6) is 2.41. The maximum atomic E-state index is 13.0. The van der Waals surface area contributed by atoms with Crippen molar-refractivity contribution in [2.45, 2.75) is 84.7 Å². The van der Waals surface area contributed by atoms with Gasteiger partial charge in [-0.15, -0.1) is 0 Å². The van der Waals surface area contributed by atoms with Crippen molar-refractivity contribution >= 4 is 11.8 Å². The van der Waals surface area contributed by atoms with Gasteiger partial charge < -0.3 is 10.6 Å². The molecular weight excluding hydrogens is 336 g/mol. The lowest BCUT2D eigenvalue weighted by molar-refractivity contribution is -0.135. The standard InChI is InChI=1S/C23H36N2O2/c1-21(2,3)25-20(27)17-8-7-15-14-6-9-18-23(5,13-11-19(26)24-18)16(14)10-12-22(15,17)4/h11,13-18H,6-10,12H2,1-5H3,(H,24,26)(H,25,27)/t14-,15-,16?,17+,18+,22-,23+/m0/s1. The maximum absolute atomic E-state index is 13.0. The van der Waals surface area contributed by atoms with E-state index in [9.17, 15) is 9.59 Å². The Hall–Kier alpha value is -1.32. The Morgan fingerprint density at radius 2 is 1.85 bits per heavy atom. The first-order valence-corrected chi connectivity index (χ1v) is 10.9. The number of hydrogen-bond donors (Lipinski definition) is 2. The van der Waals surface area contributed by atoms with E-state index in [0.29, 0.717) is 17.8 Å². The summed E-state index contributed by atoms with van der Waals surface area (Å²) >= 11 is 0. The number of carbonyl (C=O) groups is 2. The normalized spacial score (nSPS) is 46.1. The van der Waals surface area contributed by atoms with Crippen molar-refractivity contribution < 1.29 is 9.59 Å². The predicted octanol–water partition coefficient (Wildman–Crippen LogP) is 3.81. The van der Waals surface area contributed by atoms with Gasteiger partial charge in [0.1, 0.15) is 0 Å². The Bertz CT molecular complexity index is 678. The number of hydrogen-bond acceptors (Lipinski definition) is 2. The fraction of sp³-hybridized carbons (Fsp3) is 0.826. The van der Waals surface area contributed by atoms with Crippen LogP contribution in [0.4, 0.5) is 0 Å². The second-order valence-electron chi connectivity index (χ2n) is 11.1. The Morgan fingerprint density at radius 1 is 1.11 bits per heavy atom. The number of fused-ring (bicyclic) bond motifs is 5. The zero-order valence-corrected chi connectivity index (χ0v) is 17.6. The van der Waals surface area contributed by atoms with Gasteiger partial charge in [-0.1, -0.05) is 19.9 Å². The summed E-state index contributed by atoms with van der Waals surface area (Å²) in [4.78, 5) is 24.9. The average Bonchev–Trinajstić information content (AvgIpc) is 2.91. The van der Waals surface area contributed by atoms with Crippen LogP contribution in [0.15, 0.2) is 12.2 Å². The van der Waals surface area contributed by atoms with Gasteiger partial charge in [-0.2, -0.15) is 0 Å². The first kappa shape index (κ1) is 19.0. The molecule has 0 radical (unpaired) electrons. The molecule has 0 aromatic heterocycles. The van der Waals surface area contributed by atoms with Crippen LogP contribution < -0.4 is 10.6 Å². The second-order valence-corrected chi connectivity index (χ2v) is 11.1. The molecule has 0 aromatic carbocycles. The second kappa shape index (κ2) is 6.09. The van der Waals surface area contributed by atoms with Gasteiger partial charge in [0.2, 0.25) is 11.8 Å². The topological polar surface area (TPSA) is 58.2 Å². The molecule has 4 aliphatic rings. The molecule has 1 aliphatic heterocycles.